The molecule has 0 spiro atoms. The highest BCUT2D eigenvalue weighted by atomic mass is 32.2. The number of benzene rings is 9. The molecule has 414 valence electrons. The van der Waals surface area contributed by atoms with E-state index < -0.39 is 85.4 Å². The largest absolute Gasteiger partial charge is 0.478 e. The van der Waals surface area contributed by atoms with E-state index in [1.807, 2.05) is 0 Å². The number of nitrogens with zero attached hydrogens (tertiary/aromatic N) is 2. The second kappa shape index (κ2) is 21.8. The first-order chi connectivity index (χ1) is 38.8. The van der Waals surface area contributed by atoms with Crippen molar-refractivity contribution in [2.45, 2.75) is 39.2 Å². The molecule has 0 heterocycles. The molecule has 0 saturated heterocycles. The van der Waals surface area contributed by atoms with E-state index in [9.17, 15) is 53.5 Å². The minimum Gasteiger partial charge on any atom is -0.478 e. The molecule has 0 saturated carbocycles. The zero-order chi connectivity index (χ0) is 59.1. The molecule has 0 aliphatic carbocycles. The van der Waals surface area contributed by atoms with Crippen LogP contribution in [0.4, 0.5) is 45.5 Å². The molecule has 0 bridgehead atoms. The molecular weight excluding hydrogens is 1130 g/mol. The second-order valence-electron chi connectivity index (χ2n) is 18.1. The molecule has 0 aromatic heterocycles. The number of carboxylic acid groups (broad SMARTS) is 2. The monoisotopic (exact) mass is 1180 g/mol. The fourth-order valence-electron chi connectivity index (χ4n) is 8.55. The number of rotatable bonds is 16. The van der Waals surface area contributed by atoms with E-state index in [1.165, 1.54) is 146 Å². The fourth-order valence-corrected chi connectivity index (χ4v) is 13.6. The van der Waals surface area contributed by atoms with Gasteiger partial charge < -0.3 is 33.1 Å². The van der Waals surface area contributed by atoms with E-state index in [-0.39, 0.29) is 61.9 Å². The Bertz CT molecular complexity index is 3950. The molecule has 9 rings (SSSR count). The summed E-state index contributed by atoms with van der Waals surface area (Å²) in [5.41, 5.74) is 20.3. The predicted octanol–water partition coefficient (Wildman–Crippen LogP) is 8.70. The minimum absolute atomic E-state index is 0.126. The Morgan fingerprint density at radius 3 is 0.585 bits per heavy atom. The molecule has 2 amide bonds. The second-order valence-corrected chi connectivity index (χ2v) is 25.9. The SMILES string of the molecule is Nc1ccc(S(=O)(=O)c2ccc(N(C(=O)c3cc(C(=O)O)c(C(=O)N(c4ccc(S(=O)(=O)c5ccc(N)cc5)cc4)c4ccc(S(=O)(=O)c5ccc(N)cc5)cc4)cc3C(=O)O)c3ccc(S(=O)(=O)c4ccc(N)cc4)cc3)cc2)cc1. The topological polar surface area (TPSA) is 356 Å². The molecule has 9 aromatic carbocycles. The van der Waals surface area contributed by atoms with Gasteiger partial charge in [0.1, 0.15) is 0 Å². The van der Waals surface area contributed by atoms with Crippen molar-refractivity contribution in [3.05, 3.63) is 229 Å². The first-order valence-electron chi connectivity index (χ1n) is 24.0. The number of carbonyl (C=O) groups excluding carboxylic acids is 2. The quantitative estimate of drug-likeness (QED) is 0.0492. The van der Waals surface area contributed by atoms with Gasteiger partial charge in [0.15, 0.2) is 0 Å². The number of sulfone groups is 4. The van der Waals surface area contributed by atoms with Gasteiger partial charge in [0, 0.05) is 45.5 Å². The molecule has 0 aliphatic rings. The molecule has 0 atom stereocenters. The van der Waals surface area contributed by atoms with Gasteiger partial charge in [-0.15, -0.1) is 0 Å². The lowest BCUT2D eigenvalue weighted by molar-refractivity contribution is 0.0676. The number of anilines is 8. The van der Waals surface area contributed by atoms with Crippen molar-refractivity contribution < 1.29 is 63.1 Å². The van der Waals surface area contributed by atoms with Crippen LogP contribution in [0.3, 0.4) is 0 Å². The van der Waals surface area contributed by atoms with Crippen LogP contribution in [-0.2, 0) is 39.3 Å². The van der Waals surface area contributed by atoms with E-state index in [1.54, 1.807) is 0 Å². The van der Waals surface area contributed by atoms with Crippen molar-refractivity contribution in [1.29, 1.82) is 0 Å². The number of carboxylic acids is 2. The Morgan fingerprint density at radius 1 is 0.268 bits per heavy atom. The van der Waals surface area contributed by atoms with E-state index >= 15 is 9.59 Å². The van der Waals surface area contributed by atoms with Gasteiger partial charge in [-0.05, 0) is 206 Å². The highest BCUT2D eigenvalue weighted by Gasteiger charge is 2.33. The summed E-state index contributed by atoms with van der Waals surface area (Å²) in [6.45, 7) is 0. The maximum atomic E-state index is 15.2. The van der Waals surface area contributed by atoms with Gasteiger partial charge in [-0.25, -0.2) is 43.3 Å². The Balaban J connectivity index is 1.17. The van der Waals surface area contributed by atoms with Crippen LogP contribution < -0.4 is 32.7 Å². The van der Waals surface area contributed by atoms with Gasteiger partial charge in [0.2, 0.25) is 39.3 Å². The standard InChI is InChI=1S/C58H44N6O14S4/c59-35-1-17-43(18-2-35)79(71,72)47-25-9-39(10-26-47)63(40-11-27-48(28-12-40)80(73,74)44-19-3-36(60)4-20-44)55(65)51-33-54(58(69)70)52(34-53(51)57(67)68)56(66)64(41-13-29-49(30-14-41)81(75,76)45-21-5-37(61)6-22-45)42-15-31-50(32-16-42)82(77,78)46-23-7-38(62)8-24-46/h1-34H,59-62H2,(H,67,68)(H,69,70). The number of amides is 2. The highest BCUT2D eigenvalue weighted by molar-refractivity contribution is 7.92. The number of nitrogen functional groups attached to an aromatic ring is 4. The number of carbonyl (C=O) groups is 4. The third-order valence-corrected chi connectivity index (χ3v) is 20.0. The van der Waals surface area contributed by atoms with Gasteiger partial charge >= 0.3 is 11.9 Å². The Hall–Kier alpha value is -10.1. The first-order valence-corrected chi connectivity index (χ1v) is 29.9. The third-order valence-electron chi connectivity index (χ3n) is 12.9. The molecule has 20 nitrogen and oxygen atoms in total. The van der Waals surface area contributed by atoms with Crippen LogP contribution >= 0.6 is 0 Å². The van der Waals surface area contributed by atoms with Gasteiger partial charge in [0.25, 0.3) is 11.8 Å². The summed E-state index contributed by atoms with van der Waals surface area (Å²) in [5, 5.41) is 21.7. The van der Waals surface area contributed by atoms with Gasteiger partial charge in [-0.2, -0.15) is 0 Å². The van der Waals surface area contributed by atoms with Crippen molar-refractivity contribution in [2.24, 2.45) is 0 Å². The number of hydrogen-bond acceptors (Lipinski definition) is 16. The summed E-state index contributed by atoms with van der Waals surface area (Å²) >= 11 is 0. The van der Waals surface area contributed by atoms with Gasteiger partial charge in [-0.3, -0.25) is 19.4 Å². The first kappa shape index (κ1) is 56.6. The highest BCUT2D eigenvalue weighted by Crippen LogP contribution is 2.37. The fraction of sp³-hybridized carbons (Fsp3) is 0. The van der Waals surface area contributed by atoms with E-state index in [2.05, 4.69) is 0 Å². The molecule has 0 unspecified atom stereocenters. The average molecular weight is 1180 g/mol. The van der Waals surface area contributed by atoms with E-state index in [0.717, 1.165) is 58.3 Å². The van der Waals surface area contributed by atoms with Gasteiger partial charge in [-0.1, -0.05) is 0 Å². The summed E-state index contributed by atoms with van der Waals surface area (Å²) in [6.07, 6.45) is 0. The summed E-state index contributed by atoms with van der Waals surface area (Å²) in [4.78, 5) is 57.6. The maximum Gasteiger partial charge on any atom is 0.336 e. The summed E-state index contributed by atoms with van der Waals surface area (Å²) in [5.74, 6) is -6.19. The maximum absolute atomic E-state index is 15.2. The molecule has 24 heteroatoms. The van der Waals surface area contributed by atoms with Crippen molar-refractivity contribution in [3.8, 4) is 0 Å². The number of hydrogen-bond donors (Lipinski definition) is 6. The Morgan fingerprint density at radius 2 is 0.427 bits per heavy atom. The van der Waals surface area contributed by atoms with Gasteiger partial charge in [0.05, 0.1) is 61.4 Å². The summed E-state index contributed by atoms with van der Waals surface area (Å²) in [6, 6.07) is 41.5. The van der Waals surface area contributed by atoms with Crippen LogP contribution in [0.1, 0.15) is 41.4 Å². The number of aromatic carboxylic acids is 2. The Kier molecular flexibility index (Phi) is 15.1. The molecule has 0 aliphatic heterocycles. The number of nitrogens with two attached hydrogens (primary N) is 4. The molecule has 10 N–H and O–H groups in total. The predicted molar refractivity (Wildman–Crippen MR) is 304 cm³/mol. The van der Waals surface area contributed by atoms with Crippen LogP contribution in [0.25, 0.3) is 0 Å². The van der Waals surface area contributed by atoms with Crippen LogP contribution in [0.2, 0.25) is 0 Å². The summed E-state index contributed by atoms with van der Waals surface area (Å²) < 4.78 is 110. The van der Waals surface area contributed by atoms with Crippen molar-refractivity contribution in [2.75, 3.05) is 32.7 Å². The zero-order valence-corrected chi connectivity index (χ0v) is 45.5. The third kappa shape index (κ3) is 11.0. The lowest BCUT2D eigenvalue weighted by atomic mass is 9.95. The van der Waals surface area contributed by atoms with Crippen molar-refractivity contribution in [3.63, 3.8) is 0 Å². The van der Waals surface area contributed by atoms with Crippen LogP contribution in [0.15, 0.2) is 245 Å². The van der Waals surface area contributed by atoms with Crippen LogP contribution in [0, 0.1) is 0 Å². The minimum atomic E-state index is -4.20. The van der Waals surface area contributed by atoms with E-state index in [4.69, 9.17) is 22.9 Å². The average Bonchev–Trinajstić information content (AvgIpc) is 3.66. The lowest BCUT2D eigenvalue weighted by Gasteiger charge is -2.26. The summed E-state index contributed by atoms with van der Waals surface area (Å²) in [7, 11) is -16.8. The lowest BCUT2D eigenvalue weighted by Crippen LogP contribution is -2.31. The normalized spacial score (nSPS) is 11.8. The van der Waals surface area contributed by atoms with Crippen molar-refractivity contribution >= 4 is 109 Å². The van der Waals surface area contributed by atoms with Crippen LogP contribution in [0.5, 0.6) is 0 Å². The molecule has 9 aromatic rings. The Labute approximate surface area is 469 Å². The molecule has 0 radical (unpaired) electrons. The van der Waals surface area contributed by atoms with Crippen LogP contribution in [-0.4, -0.2) is 67.6 Å². The molecule has 82 heavy (non-hydrogen) atoms. The smallest absolute Gasteiger partial charge is 0.336 e. The molecule has 0 fully saturated rings. The van der Waals surface area contributed by atoms with Crippen molar-refractivity contribution in [1.82, 2.24) is 0 Å². The zero-order valence-electron chi connectivity index (χ0n) is 42.3. The van der Waals surface area contributed by atoms with E-state index in [0.29, 0.717) is 34.9 Å². The molecular formula is C58H44N6O14S4.